The molecule has 2 aliphatic rings. The second-order valence-electron chi connectivity index (χ2n) is 9.13. The van der Waals surface area contributed by atoms with E-state index in [1.54, 1.807) is 5.56 Å². The van der Waals surface area contributed by atoms with Crippen molar-refractivity contribution in [3.8, 4) is 11.1 Å². The zero-order chi connectivity index (χ0) is 19.6. The minimum Gasteiger partial charge on any atom is -0.147 e. The summed E-state index contributed by atoms with van der Waals surface area (Å²) in [5.74, 6) is 0. The van der Waals surface area contributed by atoms with Gasteiger partial charge < -0.3 is 0 Å². The first-order valence-electron chi connectivity index (χ1n) is 11.2. The quantitative estimate of drug-likeness (QED) is 0.265. The van der Waals surface area contributed by atoms with Gasteiger partial charge in [0.25, 0.3) is 0 Å². The Balaban J connectivity index is 0.00000160. The molecule has 30 heavy (non-hydrogen) atoms. The van der Waals surface area contributed by atoms with Crippen molar-refractivity contribution in [1.29, 1.82) is 0 Å². The standard InChI is InChI=1S/C13H9.C5H5.2C4H9.2ClH.H2Si.Zr/c1-3-7-12-10(5-1)9-11-6-2-4-8-13(11)12;1-2-4-5-3-1;2*1-3-4-2;;;;/h1-5,7-8H,9H2;1-3H,4H2;2*1,3-4H2,2H3;2*1H;1H2;. The van der Waals surface area contributed by atoms with Crippen LogP contribution >= 0.6 is 24.8 Å². The van der Waals surface area contributed by atoms with Crippen LogP contribution in [0.4, 0.5) is 0 Å². The van der Waals surface area contributed by atoms with E-state index < -0.39 is 17.4 Å². The van der Waals surface area contributed by atoms with Gasteiger partial charge in [-0.2, -0.15) is 0 Å². The fourth-order valence-electron chi connectivity index (χ4n) is 5.80. The van der Waals surface area contributed by atoms with Crippen molar-refractivity contribution < 1.29 is 17.4 Å². The van der Waals surface area contributed by atoms with Gasteiger partial charge in [-0.05, 0) is 0 Å². The molecule has 0 amide bonds. The van der Waals surface area contributed by atoms with Crippen molar-refractivity contribution in [2.45, 2.75) is 60.6 Å². The number of rotatable bonds is 8. The van der Waals surface area contributed by atoms with Crippen LogP contribution in [-0.4, -0.2) is 6.88 Å². The fraction of sp³-hybridized carbons (Fsp3) is 0.385. The molecule has 0 bridgehead atoms. The summed E-state index contributed by atoms with van der Waals surface area (Å²) in [6.07, 6.45) is 15.0. The average molecular weight is 539 g/mol. The van der Waals surface area contributed by atoms with Gasteiger partial charge in [0.15, 0.2) is 0 Å². The number of hydrogen-bond donors (Lipinski definition) is 0. The summed E-state index contributed by atoms with van der Waals surface area (Å²) in [7, 11) is 0. The molecule has 2 aromatic carbocycles. The van der Waals surface area contributed by atoms with Crippen LogP contribution in [0.2, 0.25) is 8.26 Å². The van der Waals surface area contributed by atoms with Crippen LogP contribution in [0.15, 0.2) is 64.0 Å². The SMILES string of the molecule is CCC[CH2][Zr](=[SiH2])([CH2]CCC)([C]1=CC=CC1)[c]1cccc2c1Cc1ccccc1-2.Cl.Cl. The summed E-state index contributed by atoms with van der Waals surface area (Å²) in [5.41, 5.74) is 6.22. The third-order valence-electron chi connectivity index (χ3n) is 7.44. The second-order valence-corrected chi connectivity index (χ2v) is 34.1. The van der Waals surface area contributed by atoms with E-state index in [4.69, 9.17) is 0 Å². The van der Waals surface area contributed by atoms with Crippen molar-refractivity contribution >= 4 is 35.0 Å². The first-order valence-corrected chi connectivity index (χ1v) is 23.1. The van der Waals surface area contributed by atoms with Crippen molar-refractivity contribution in [3.05, 3.63) is 75.1 Å². The molecule has 0 nitrogen and oxygen atoms in total. The second kappa shape index (κ2) is 10.5. The van der Waals surface area contributed by atoms with E-state index in [0.717, 1.165) is 6.42 Å². The number of allylic oxidation sites excluding steroid dienone is 4. The van der Waals surface area contributed by atoms with Gasteiger partial charge in [0.1, 0.15) is 0 Å². The van der Waals surface area contributed by atoms with Crippen LogP contribution in [0, 0.1) is 0 Å². The molecule has 2 aliphatic carbocycles. The van der Waals surface area contributed by atoms with Crippen molar-refractivity contribution in [1.82, 2.24) is 0 Å². The van der Waals surface area contributed by atoms with Gasteiger partial charge in [-0.25, -0.2) is 0 Å². The van der Waals surface area contributed by atoms with E-state index in [0.29, 0.717) is 0 Å². The summed E-state index contributed by atoms with van der Waals surface area (Å²) in [6.45, 7) is 7.27. The number of unbranched alkanes of at least 4 members (excludes halogenated alkanes) is 2. The first kappa shape index (κ1) is 25.9. The van der Waals surface area contributed by atoms with Gasteiger partial charge in [0.2, 0.25) is 0 Å². The molecule has 4 heteroatoms. The van der Waals surface area contributed by atoms with Gasteiger partial charge in [-0.3, -0.25) is 0 Å². The molecule has 0 radical (unpaired) electrons. The summed E-state index contributed by atoms with van der Waals surface area (Å²) >= 11 is -3.31. The van der Waals surface area contributed by atoms with E-state index >= 15 is 0 Å². The molecule has 0 spiro atoms. The van der Waals surface area contributed by atoms with Gasteiger partial charge in [0, 0.05) is 0 Å². The Morgan fingerprint density at radius 2 is 1.53 bits per heavy atom. The monoisotopic (exact) mass is 536 g/mol. The molecule has 0 saturated heterocycles. The molecule has 0 aromatic heterocycles. The maximum absolute atomic E-state index is 3.31. The van der Waals surface area contributed by atoms with Crippen LogP contribution in [0.25, 0.3) is 11.1 Å². The van der Waals surface area contributed by atoms with Crippen molar-refractivity contribution in [3.63, 3.8) is 0 Å². The van der Waals surface area contributed by atoms with Gasteiger partial charge in [-0.1, -0.05) is 0 Å². The zero-order valence-corrected chi connectivity index (χ0v) is 24.0. The maximum atomic E-state index is 2.56. The first-order chi connectivity index (χ1) is 13.6. The van der Waals surface area contributed by atoms with E-state index in [2.05, 4.69) is 81.4 Å². The summed E-state index contributed by atoms with van der Waals surface area (Å²) in [6, 6.07) is 16.4. The molecule has 0 N–H and O–H groups in total. The normalized spacial score (nSPS) is 14.4. The molecule has 4 rings (SSSR count). The zero-order valence-electron chi connectivity index (χ0n) is 18.5. The molecule has 0 unspecified atom stereocenters. The summed E-state index contributed by atoms with van der Waals surface area (Å²) in [4.78, 5) is 0. The molecular weight excluding hydrogens is 503 g/mol. The number of benzene rings is 2. The van der Waals surface area contributed by atoms with Crippen LogP contribution in [0.1, 0.15) is 57.1 Å². The summed E-state index contributed by atoms with van der Waals surface area (Å²) in [5, 5.41) is 0. The Kier molecular flexibility index (Phi) is 9.03. The van der Waals surface area contributed by atoms with E-state index in [9.17, 15) is 0 Å². The minimum atomic E-state index is -3.31. The Morgan fingerprint density at radius 3 is 2.17 bits per heavy atom. The van der Waals surface area contributed by atoms with Crippen LogP contribution in [-0.2, 0) is 23.8 Å². The largest absolute Gasteiger partial charge is 0.147 e. The minimum absolute atomic E-state index is 0. The molecular formula is C26H36Cl2SiZr. The van der Waals surface area contributed by atoms with E-state index in [1.165, 1.54) is 57.1 Å². The van der Waals surface area contributed by atoms with Gasteiger partial charge in [-0.15, -0.1) is 24.8 Å². The fourth-order valence-corrected chi connectivity index (χ4v) is 29.3. The average Bonchev–Trinajstić information content (AvgIpc) is 3.39. The number of fused-ring (bicyclic) bond motifs is 3. The smallest absolute Gasteiger partial charge is 0.147 e. The topological polar surface area (TPSA) is 0 Å². The molecule has 0 heterocycles. The Morgan fingerprint density at radius 1 is 0.867 bits per heavy atom. The van der Waals surface area contributed by atoms with Crippen LogP contribution in [0.3, 0.4) is 0 Å². The molecule has 0 saturated carbocycles. The molecule has 162 valence electrons. The molecule has 0 aliphatic heterocycles. The predicted molar refractivity (Wildman–Crippen MR) is 139 cm³/mol. The van der Waals surface area contributed by atoms with Crippen molar-refractivity contribution in [2.24, 2.45) is 0 Å². The van der Waals surface area contributed by atoms with Crippen molar-refractivity contribution in [2.75, 3.05) is 0 Å². The molecule has 0 atom stereocenters. The molecule has 2 aromatic rings. The number of halogens is 2. The summed E-state index contributed by atoms with van der Waals surface area (Å²) < 4.78 is 6.61. The van der Waals surface area contributed by atoms with E-state index in [-0.39, 0.29) is 24.8 Å². The third kappa shape index (κ3) is 4.27. The maximum Gasteiger partial charge on any atom is -0.147 e. The van der Waals surface area contributed by atoms with Gasteiger partial charge in [0.05, 0.1) is 0 Å². The Labute approximate surface area is 197 Å². The third-order valence-corrected chi connectivity index (χ3v) is 33.9. The Hall–Kier alpha value is -0.400. The van der Waals surface area contributed by atoms with Gasteiger partial charge >= 0.3 is 174 Å². The number of hydrogen-bond acceptors (Lipinski definition) is 0. The van der Waals surface area contributed by atoms with Crippen LogP contribution in [0.5, 0.6) is 0 Å². The van der Waals surface area contributed by atoms with E-state index in [1.807, 2.05) is 6.55 Å². The molecule has 0 fully saturated rings. The van der Waals surface area contributed by atoms with Crippen LogP contribution < -0.4 is 3.27 Å². The Bertz CT molecular complexity index is 1010. The predicted octanol–water partition coefficient (Wildman–Crippen LogP) is 7.25.